The summed E-state index contributed by atoms with van der Waals surface area (Å²) in [5.74, 6) is 0.907. The van der Waals surface area contributed by atoms with Gasteiger partial charge in [-0.15, -0.1) is 24.0 Å². The summed E-state index contributed by atoms with van der Waals surface area (Å²) in [6, 6.07) is 0. The molecule has 0 bridgehead atoms. The molecule has 0 amide bonds. The van der Waals surface area contributed by atoms with E-state index in [4.69, 9.17) is 9.47 Å². The molecule has 1 heterocycles. The minimum Gasteiger partial charge on any atom is -0.379 e. The molecular weight excluding hydrogens is 419 g/mol. The minimum absolute atomic E-state index is 0. The Labute approximate surface area is 165 Å². The number of halogens is 1. The number of rotatable bonds is 12. The Hall–Kier alpha value is -0.120. The van der Waals surface area contributed by atoms with Crippen LogP contribution in [-0.4, -0.2) is 76.1 Å². The Morgan fingerprint density at radius 3 is 2.71 bits per heavy atom. The summed E-state index contributed by atoms with van der Waals surface area (Å²) in [5, 5.41) is 6.71. The van der Waals surface area contributed by atoms with E-state index in [1.54, 1.807) is 0 Å². The minimum atomic E-state index is 0. The molecular formula is C17H37IN4O2. The summed E-state index contributed by atoms with van der Waals surface area (Å²) in [7, 11) is 0. The number of hydrogen-bond donors (Lipinski definition) is 2. The van der Waals surface area contributed by atoms with E-state index in [1.807, 2.05) is 0 Å². The zero-order valence-electron chi connectivity index (χ0n) is 15.7. The first-order valence-corrected chi connectivity index (χ1v) is 9.24. The van der Waals surface area contributed by atoms with E-state index in [1.165, 1.54) is 6.42 Å². The predicted octanol–water partition coefficient (Wildman–Crippen LogP) is 2.09. The largest absolute Gasteiger partial charge is 0.379 e. The van der Waals surface area contributed by atoms with Gasteiger partial charge in [-0.05, 0) is 39.3 Å². The average molecular weight is 456 g/mol. The molecule has 2 N–H and O–H groups in total. The Balaban J connectivity index is 0.00000529. The highest BCUT2D eigenvalue weighted by atomic mass is 127. The number of likely N-dealkylation sites (N-methyl/N-ethyl adjacent to an activating group) is 1. The molecule has 1 saturated heterocycles. The molecule has 0 aromatic carbocycles. The summed E-state index contributed by atoms with van der Waals surface area (Å²) < 4.78 is 11.1. The smallest absolute Gasteiger partial charge is 0.191 e. The Kier molecular flexibility index (Phi) is 16.3. The Morgan fingerprint density at radius 1 is 1.25 bits per heavy atom. The summed E-state index contributed by atoms with van der Waals surface area (Å²) in [5.41, 5.74) is 0. The summed E-state index contributed by atoms with van der Waals surface area (Å²) in [6.07, 6.45) is 3.47. The number of guanidine groups is 1. The van der Waals surface area contributed by atoms with Crippen molar-refractivity contribution < 1.29 is 9.47 Å². The number of nitrogens with zero attached hydrogens (tertiary/aromatic N) is 2. The van der Waals surface area contributed by atoms with Crippen molar-refractivity contribution in [1.29, 1.82) is 0 Å². The van der Waals surface area contributed by atoms with Gasteiger partial charge in [0.2, 0.25) is 0 Å². The first kappa shape index (κ1) is 23.9. The van der Waals surface area contributed by atoms with Crippen LogP contribution in [0.25, 0.3) is 0 Å². The van der Waals surface area contributed by atoms with Crippen molar-refractivity contribution >= 4 is 29.9 Å². The fraction of sp³-hybridized carbons (Fsp3) is 0.941. The van der Waals surface area contributed by atoms with Crippen molar-refractivity contribution in [1.82, 2.24) is 15.5 Å². The first-order valence-electron chi connectivity index (χ1n) is 9.24. The van der Waals surface area contributed by atoms with E-state index in [2.05, 4.69) is 41.3 Å². The van der Waals surface area contributed by atoms with E-state index >= 15 is 0 Å². The molecule has 7 heteroatoms. The van der Waals surface area contributed by atoms with Crippen LogP contribution in [-0.2, 0) is 9.47 Å². The Bertz CT molecular complexity index is 313. The molecule has 0 aromatic heterocycles. The van der Waals surface area contributed by atoms with Gasteiger partial charge in [0.25, 0.3) is 0 Å². The highest BCUT2D eigenvalue weighted by Crippen LogP contribution is 2.08. The van der Waals surface area contributed by atoms with Crippen molar-refractivity contribution in [2.75, 3.05) is 59.1 Å². The van der Waals surface area contributed by atoms with Gasteiger partial charge in [0, 0.05) is 39.4 Å². The van der Waals surface area contributed by atoms with Crippen LogP contribution in [0.2, 0.25) is 0 Å². The van der Waals surface area contributed by atoms with Crippen LogP contribution < -0.4 is 10.6 Å². The maximum atomic E-state index is 5.76. The van der Waals surface area contributed by atoms with Crippen molar-refractivity contribution in [3.05, 3.63) is 0 Å². The van der Waals surface area contributed by atoms with Crippen LogP contribution in [0.15, 0.2) is 4.99 Å². The van der Waals surface area contributed by atoms with Crippen molar-refractivity contribution in [2.24, 2.45) is 4.99 Å². The molecule has 0 aromatic rings. The SMILES string of the molecule is CCCN(CC)CCNC(=NCCCOC1CCOC1)NCC.I. The summed E-state index contributed by atoms with van der Waals surface area (Å²) in [4.78, 5) is 7.06. The van der Waals surface area contributed by atoms with Crippen LogP contribution in [0.4, 0.5) is 0 Å². The third-order valence-electron chi connectivity index (χ3n) is 3.87. The normalized spacial score (nSPS) is 17.8. The molecule has 1 fully saturated rings. The highest BCUT2D eigenvalue weighted by Gasteiger charge is 2.15. The van der Waals surface area contributed by atoms with Crippen LogP contribution >= 0.6 is 24.0 Å². The van der Waals surface area contributed by atoms with Gasteiger partial charge in [0.1, 0.15) is 0 Å². The van der Waals surface area contributed by atoms with Gasteiger partial charge in [-0.3, -0.25) is 4.99 Å². The fourth-order valence-corrected chi connectivity index (χ4v) is 2.57. The lowest BCUT2D eigenvalue weighted by molar-refractivity contribution is 0.0424. The van der Waals surface area contributed by atoms with Gasteiger partial charge in [0.15, 0.2) is 5.96 Å². The molecule has 1 rings (SSSR count). The molecule has 144 valence electrons. The monoisotopic (exact) mass is 456 g/mol. The second-order valence-corrected chi connectivity index (χ2v) is 5.83. The predicted molar refractivity (Wildman–Crippen MR) is 112 cm³/mol. The number of hydrogen-bond acceptors (Lipinski definition) is 4. The third-order valence-corrected chi connectivity index (χ3v) is 3.87. The molecule has 1 aliphatic heterocycles. The standard InChI is InChI=1S/C17H36N4O2.HI/c1-4-11-21(6-3)12-10-20-17(18-5-2)19-9-7-13-23-16-8-14-22-15-16;/h16H,4-15H2,1-3H3,(H2,18,19,20);1H. The number of aliphatic imine (C=N–C) groups is 1. The summed E-state index contributed by atoms with van der Waals surface area (Å²) in [6.45, 7) is 14.8. The summed E-state index contributed by atoms with van der Waals surface area (Å²) >= 11 is 0. The van der Waals surface area contributed by atoms with Crippen LogP contribution in [0, 0.1) is 0 Å². The van der Waals surface area contributed by atoms with Gasteiger partial charge in [0.05, 0.1) is 12.7 Å². The van der Waals surface area contributed by atoms with Gasteiger partial charge in [-0.25, -0.2) is 0 Å². The molecule has 0 spiro atoms. The Morgan fingerprint density at radius 2 is 2.08 bits per heavy atom. The van der Waals surface area contributed by atoms with Gasteiger partial charge in [-0.1, -0.05) is 13.8 Å². The van der Waals surface area contributed by atoms with Gasteiger partial charge >= 0.3 is 0 Å². The fourth-order valence-electron chi connectivity index (χ4n) is 2.57. The van der Waals surface area contributed by atoms with Crippen molar-refractivity contribution in [3.8, 4) is 0 Å². The van der Waals surface area contributed by atoms with Crippen LogP contribution in [0.5, 0.6) is 0 Å². The maximum Gasteiger partial charge on any atom is 0.191 e. The maximum absolute atomic E-state index is 5.76. The van der Waals surface area contributed by atoms with Crippen LogP contribution in [0.3, 0.4) is 0 Å². The molecule has 6 nitrogen and oxygen atoms in total. The lowest BCUT2D eigenvalue weighted by Crippen LogP contribution is -2.41. The van der Waals surface area contributed by atoms with Gasteiger partial charge < -0.3 is 25.0 Å². The van der Waals surface area contributed by atoms with Crippen molar-refractivity contribution in [3.63, 3.8) is 0 Å². The van der Waals surface area contributed by atoms with Crippen LogP contribution in [0.1, 0.15) is 40.0 Å². The third kappa shape index (κ3) is 11.4. The molecule has 1 atom stereocenters. The van der Waals surface area contributed by atoms with E-state index in [0.717, 1.165) is 77.9 Å². The topological polar surface area (TPSA) is 58.1 Å². The number of nitrogens with one attached hydrogen (secondary N) is 2. The molecule has 24 heavy (non-hydrogen) atoms. The van der Waals surface area contributed by atoms with E-state index in [-0.39, 0.29) is 24.0 Å². The molecule has 0 saturated carbocycles. The first-order chi connectivity index (χ1) is 11.3. The molecule has 0 aliphatic carbocycles. The van der Waals surface area contributed by atoms with Crippen molar-refractivity contribution in [2.45, 2.75) is 46.1 Å². The van der Waals surface area contributed by atoms with E-state index < -0.39 is 0 Å². The van der Waals surface area contributed by atoms with E-state index in [0.29, 0.717) is 6.10 Å². The second kappa shape index (κ2) is 16.4. The van der Waals surface area contributed by atoms with E-state index in [9.17, 15) is 0 Å². The lowest BCUT2D eigenvalue weighted by Gasteiger charge is -2.20. The molecule has 1 aliphatic rings. The zero-order valence-corrected chi connectivity index (χ0v) is 18.0. The lowest BCUT2D eigenvalue weighted by atomic mass is 10.3. The molecule has 0 radical (unpaired) electrons. The average Bonchev–Trinajstić information content (AvgIpc) is 3.07. The highest BCUT2D eigenvalue weighted by molar-refractivity contribution is 14.0. The zero-order chi connectivity index (χ0) is 16.8. The second-order valence-electron chi connectivity index (χ2n) is 5.83. The molecule has 1 unspecified atom stereocenters. The quantitative estimate of drug-likeness (QED) is 0.204. The van der Waals surface area contributed by atoms with Gasteiger partial charge in [-0.2, -0.15) is 0 Å². The number of ether oxygens (including phenoxy) is 2.